The molecule has 0 aromatic carbocycles. The fourth-order valence-corrected chi connectivity index (χ4v) is 2.20. The number of likely N-dealkylation sites (N-methyl/N-ethyl adjacent to an activating group) is 2. The normalized spacial score (nSPS) is 25.6. The number of hydrogen-bond donors (Lipinski definition) is 2. The Morgan fingerprint density at radius 1 is 1.56 bits per heavy atom. The zero-order valence-electron chi connectivity index (χ0n) is 10.4. The van der Waals surface area contributed by atoms with Gasteiger partial charge in [-0.05, 0) is 27.4 Å². The van der Waals surface area contributed by atoms with Crippen molar-refractivity contribution in [2.75, 3.05) is 40.3 Å². The van der Waals surface area contributed by atoms with Crippen LogP contribution in [-0.2, 0) is 4.79 Å². The average molecular weight is 229 g/mol. The van der Waals surface area contributed by atoms with Crippen LogP contribution >= 0.6 is 0 Å². The maximum absolute atomic E-state index is 10.8. The molecule has 0 bridgehead atoms. The third kappa shape index (κ3) is 3.73. The van der Waals surface area contributed by atoms with Gasteiger partial charge in [0.15, 0.2) is 0 Å². The quantitative estimate of drug-likeness (QED) is 0.677. The van der Waals surface area contributed by atoms with Crippen molar-refractivity contribution in [3.05, 3.63) is 0 Å². The summed E-state index contributed by atoms with van der Waals surface area (Å²) in [4.78, 5) is 15.5. The molecule has 0 aromatic heterocycles. The molecule has 0 aromatic rings. The second-order valence-electron chi connectivity index (χ2n) is 4.62. The van der Waals surface area contributed by atoms with Gasteiger partial charge >= 0.3 is 5.97 Å². The minimum absolute atomic E-state index is 0.424. The van der Waals surface area contributed by atoms with Gasteiger partial charge in [-0.15, -0.1) is 0 Å². The fraction of sp³-hybridized carbons (Fsp3) is 0.909. The highest BCUT2D eigenvalue weighted by atomic mass is 16.4. The fourth-order valence-electron chi connectivity index (χ4n) is 2.20. The molecule has 5 heteroatoms. The summed E-state index contributed by atoms with van der Waals surface area (Å²) in [6, 6.07) is 0.0944. The zero-order valence-corrected chi connectivity index (χ0v) is 10.4. The van der Waals surface area contributed by atoms with E-state index < -0.39 is 12.0 Å². The third-order valence-corrected chi connectivity index (χ3v) is 3.32. The van der Waals surface area contributed by atoms with Crippen LogP contribution in [0.25, 0.3) is 0 Å². The zero-order chi connectivity index (χ0) is 12.1. The van der Waals surface area contributed by atoms with Gasteiger partial charge in [0.05, 0.1) is 0 Å². The summed E-state index contributed by atoms with van der Waals surface area (Å²) < 4.78 is 0. The number of nitrogens with one attached hydrogen (secondary N) is 1. The topological polar surface area (TPSA) is 55.8 Å². The monoisotopic (exact) mass is 229 g/mol. The van der Waals surface area contributed by atoms with Crippen LogP contribution in [0.15, 0.2) is 0 Å². The first-order chi connectivity index (χ1) is 7.54. The molecule has 2 atom stereocenters. The maximum atomic E-state index is 10.8. The van der Waals surface area contributed by atoms with Gasteiger partial charge in [-0.3, -0.25) is 9.69 Å². The number of carboxylic acids is 1. The van der Waals surface area contributed by atoms with E-state index >= 15 is 0 Å². The maximum Gasteiger partial charge on any atom is 0.320 e. The Labute approximate surface area is 97.4 Å². The number of nitrogens with zero attached hydrogens (tertiary/aromatic N) is 2. The number of carboxylic acid groups (broad SMARTS) is 1. The van der Waals surface area contributed by atoms with E-state index in [1.165, 1.54) is 0 Å². The van der Waals surface area contributed by atoms with Crippen molar-refractivity contribution in [2.45, 2.75) is 25.4 Å². The van der Waals surface area contributed by atoms with Crippen LogP contribution in [0.2, 0.25) is 0 Å². The molecule has 2 N–H and O–H groups in total. The van der Waals surface area contributed by atoms with E-state index in [-0.39, 0.29) is 0 Å². The lowest BCUT2D eigenvalue weighted by molar-refractivity contribution is -0.139. The van der Waals surface area contributed by atoms with Crippen molar-refractivity contribution in [2.24, 2.45) is 0 Å². The summed E-state index contributed by atoms with van der Waals surface area (Å²) in [5.41, 5.74) is 0. The summed E-state index contributed by atoms with van der Waals surface area (Å²) in [6.45, 7) is 6.23. The lowest BCUT2D eigenvalue weighted by atomic mass is 10.1. The molecule has 0 amide bonds. The molecule has 5 nitrogen and oxygen atoms in total. The van der Waals surface area contributed by atoms with E-state index in [0.29, 0.717) is 12.5 Å². The minimum atomic E-state index is -0.760. The van der Waals surface area contributed by atoms with Gasteiger partial charge in [-0.25, -0.2) is 0 Å². The van der Waals surface area contributed by atoms with Crippen LogP contribution in [0.3, 0.4) is 0 Å². The molecule has 1 rings (SSSR count). The summed E-state index contributed by atoms with van der Waals surface area (Å²) >= 11 is 0. The molecule has 0 aliphatic carbocycles. The molecule has 1 fully saturated rings. The van der Waals surface area contributed by atoms with Crippen LogP contribution < -0.4 is 5.32 Å². The first-order valence-electron chi connectivity index (χ1n) is 5.87. The molecule has 0 spiro atoms. The van der Waals surface area contributed by atoms with Crippen molar-refractivity contribution in [1.82, 2.24) is 15.1 Å². The molecule has 16 heavy (non-hydrogen) atoms. The smallest absolute Gasteiger partial charge is 0.320 e. The standard InChI is InChI=1S/C11H23N3O2/c1-9-8-13(3)6-7-14(9)5-4-10(12-2)11(15)16/h9-10,12H,4-8H2,1-3H3,(H,15,16). The Bertz CT molecular complexity index is 235. The van der Waals surface area contributed by atoms with E-state index in [4.69, 9.17) is 5.11 Å². The summed E-state index contributed by atoms with van der Waals surface area (Å²) in [7, 11) is 3.83. The van der Waals surface area contributed by atoms with Gasteiger partial charge in [0.2, 0.25) is 0 Å². The van der Waals surface area contributed by atoms with Crippen LogP contribution in [0.4, 0.5) is 0 Å². The van der Waals surface area contributed by atoms with E-state index in [1.54, 1.807) is 7.05 Å². The van der Waals surface area contributed by atoms with Gasteiger partial charge in [-0.2, -0.15) is 0 Å². The van der Waals surface area contributed by atoms with Gasteiger partial charge in [0.1, 0.15) is 6.04 Å². The average Bonchev–Trinajstić information content (AvgIpc) is 2.21. The van der Waals surface area contributed by atoms with Crippen molar-refractivity contribution in [1.29, 1.82) is 0 Å². The Balaban J connectivity index is 2.34. The Morgan fingerprint density at radius 3 is 2.75 bits per heavy atom. The van der Waals surface area contributed by atoms with Crippen molar-refractivity contribution < 1.29 is 9.90 Å². The van der Waals surface area contributed by atoms with E-state index in [9.17, 15) is 4.79 Å². The predicted octanol–water partition coefficient (Wildman–Crippen LogP) is -0.315. The van der Waals surface area contributed by atoms with Crippen LogP contribution in [0.5, 0.6) is 0 Å². The van der Waals surface area contributed by atoms with Gasteiger partial charge < -0.3 is 15.3 Å². The molecule has 1 saturated heterocycles. The molecular formula is C11H23N3O2. The lowest BCUT2D eigenvalue weighted by Crippen LogP contribution is -2.51. The van der Waals surface area contributed by atoms with Crippen LogP contribution in [0.1, 0.15) is 13.3 Å². The van der Waals surface area contributed by atoms with Crippen LogP contribution in [-0.4, -0.2) is 73.2 Å². The molecule has 1 aliphatic rings. The Hall–Kier alpha value is -0.650. The highest BCUT2D eigenvalue weighted by molar-refractivity contribution is 5.73. The Morgan fingerprint density at radius 2 is 2.25 bits per heavy atom. The van der Waals surface area contributed by atoms with Crippen molar-refractivity contribution in [3.63, 3.8) is 0 Å². The molecular weight excluding hydrogens is 206 g/mol. The first kappa shape index (κ1) is 13.4. The number of hydrogen-bond acceptors (Lipinski definition) is 4. The number of rotatable bonds is 5. The van der Waals surface area contributed by atoms with E-state index in [1.807, 2.05) is 0 Å². The minimum Gasteiger partial charge on any atom is -0.480 e. The van der Waals surface area contributed by atoms with Crippen molar-refractivity contribution in [3.8, 4) is 0 Å². The van der Waals surface area contributed by atoms with E-state index in [0.717, 1.165) is 26.2 Å². The van der Waals surface area contributed by atoms with Gasteiger partial charge in [-0.1, -0.05) is 0 Å². The summed E-state index contributed by atoms with van der Waals surface area (Å²) in [5.74, 6) is -0.760. The molecule has 1 heterocycles. The molecule has 1 aliphatic heterocycles. The summed E-state index contributed by atoms with van der Waals surface area (Å²) in [6.07, 6.45) is 0.667. The van der Waals surface area contributed by atoms with Crippen molar-refractivity contribution >= 4 is 5.97 Å². The SMILES string of the molecule is CNC(CCN1CCN(C)CC1C)C(=O)O. The summed E-state index contributed by atoms with van der Waals surface area (Å²) in [5, 5.41) is 11.7. The largest absolute Gasteiger partial charge is 0.480 e. The molecule has 0 saturated carbocycles. The lowest BCUT2D eigenvalue weighted by Gasteiger charge is -2.38. The second-order valence-corrected chi connectivity index (χ2v) is 4.62. The Kier molecular flexibility index (Phi) is 5.18. The van der Waals surface area contributed by atoms with Gasteiger partial charge in [0.25, 0.3) is 0 Å². The number of aliphatic carboxylic acids is 1. The number of carbonyl (C=O) groups is 1. The van der Waals surface area contributed by atoms with Gasteiger partial charge in [0, 0.05) is 32.2 Å². The van der Waals surface area contributed by atoms with Crippen LogP contribution in [0, 0.1) is 0 Å². The first-order valence-corrected chi connectivity index (χ1v) is 5.87. The predicted molar refractivity (Wildman–Crippen MR) is 63.6 cm³/mol. The third-order valence-electron chi connectivity index (χ3n) is 3.32. The molecule has 94 valence electrons. The molecule has 2 unspecified atom stereocenters. The number of piperazine rings is 1. The second kappa shape index (κ2) is 6.18. The van der Waals surface area contributed by atoms with E-state index in [2.05, 4.69) is 29.1 Å². The highest BCUT2D eigenvalue weighted by Gasteiger charge is 2.23. The molecule has 0 radical (unpaired) electrons. The highest BCUT2D eigenvalue weighted by Crippen LogP contribution is 2.09.